The number of rotatable bonds is 2. The van der Waals surface area contributed by atoms with Crippen LogP contribution in [-0.2, 0) is 31.8 Å². The second-order valence-electron chi connectivity index (χ2n) is 10.4. The first-order chi connectivity index (χ1) is 13.1. The van der Waals surface area contributed by atoms with Gasteiger partial charge in [0.25, 0.3) is 0 Å². The standard InChI is InChI=1S/C21H25.C5H5.CH2.Hf/c1-20(2,3)16-7-9-18-14(12-16)11-15-13-17(21(4,5)6)8-10-19(15)18;1-2-4-5-3-1;;/h7-13H,1-6H3;1-5H;1H2;. The van der Waals surface area contributed by atoms with E-state index in [1.807, 2.05) is 0 Å². The molecule has 2 aliphatic rings. The van der Waals surface area contributed by atoms with E-state index in [0.29, 0.717) is 7.35 Å². The number of allylic oxidation sites excluding steroid dienone is 4. The summed E-state index contributed by atoms with van der Waals surface area (Å²) in [5.74, 6) is 0. The molecule has 0 aromatic heterocycles. The fourth-order valence-electron chi connectivity index (χ4n) is 4.47. The molecule has 1 heteroatoms. The van der Waals surface area contributed by atoms with Gasteiger partial charge in [-0.15, -0.1) is 0 Å². The third-order valence-electron chi connectivity index (χ3n) is 6.29. The molecule has 0 saturated heterocycles. The Labute approximate surface area is 178 Å². The molecule has 0 unspecified atom stereocenters. The van der Waals surface area contributed by atoms with Crippen molar-refractivity contribution in [1.82, 2.24) is 0 Å². The van der Waals surface area contributed by atoms with Crippen molar-refractivity contribution in [2.24, 2.45) is 0 Å². The van der Waals surface area contributed by atoms with Gasteiger partial charge in [0.1, 0.15) is 0 Å². The monoisotopic (exact) mass is 536 g/mol. The molecule has 0 N–H and O–H groups in total. The summed E-state index contributed by atoms with van der Waals surface area (Å²) in [6.07, 6.45) is 9.23. The maximum absolute atomic E-state index is 4.89. The third-order valence-corrected chi connectivity index (χ3v) is 15.7. The molecule has 0 aliphatic heterocycles. The molecule has 0 fully saturated rings. The Morgan fingerprint density at radius 3 is 1.54 bits per heavy atom. The van der Waals surface area contributed by atoms with E-state index in [1.165, 1.54) is 22.3 Å². The van der Waals surface area contributed by atoms with Crippen molar-refractivity contribution in [1.29, 1.82) is 0 Å². The van der Waals surface area contributed by atoms with E-state index >= 15 is 0 Å². The van der Waals surface area contributed by atoms with Crippen LogP contribution in [0.4, 0.5) is 0 Å². The van der Waals surface area contributed by atoms with Gasteiger partial charge in [-0.25, -0.2) is 0 Å². The molecule has 2 aromatic rings. The molecule has 0 amide bonds. The summed E-state index contributed by atoms with van der Waals surface area (Å²) >= 11 is -2.23. The van der Waals surface area contributed by atoms with Gasteiger partial charge in [-0.3, -0.25) is 0 Å². The number of fused-ring (bicyclic) bond motifs is 3. The molecule has 0 heterocycles. The molecular weight excluding hydrogens is 503 g/mol. The number of benzene rings is 2. The summed E-state index contributed by atoms with van der Waals surface area (Å²) in [4.78, 5) is 0. The molecule has 0 bridgehead atoms. The summed E-state index contributed by atoms with van der Waals surface area (Å²) < 4.78 is 6.06. The summed E-state index contributed by atoms with van der Waals surface area (Å²) in [5, 5.41) is 0. The fraction of sp³-hybridized carbons (Fsp3) is 0.370. The number of hydrogen-bond donors (Lipinski definition) is 0. The molecule has 0 spiro atoms. The average Bonchev–Trinajstić information content (AvgIpc) is 3.25. The van der Waals surface area contributed by atoms with Crippen LogP contribution in [0.25, 0.3) is 11.1 Å². The van der Waals surface area contributed by atoms with E-state index in [4.69, 9.17) is 4.26 Å². The van der Waals surface area contributed by atoms with Crippen LogP contribution in [0.1, 0.15) is 67.5 Å². The first kappa shape index (κ1) is 20.0. The zero-order chi connectivity index (χ0) is 20.3. The first-order valence-corrected chi connectivity index (χ1v) is 17.1. The van der Waals surface area contributed by atoms with E-state index in [9.17, 15) is 0 Å². The molecule has 2 aromatic carbocycles. The van der Waals surface area contributed by atoms with E-state index in [2.05, 4.69) is 102 Å². The van der Waals surface area contributed by atoms with Gasteiger partial charge in [-0.1, -0.05) is 0 Å². The predicted molar refractivity (Wildman–Crippen MR) is 120 cm³/mol. The van der Waals surface area contributed by atoms with Gasteiger partial charge in [-0.2, -0.15) is 0 Å². The molecule has 0 radical (unpaired) electrons. The van der Waals surface area contributed by atoms with Crippen LogP contribution in [0.15, 0.2) is 60.7 Å². The Balaban J connectivity index is 1.92. The SMILES string of the molecule is [CH2]=[Hf]([CH]1C=CC=C1)[CH]1c2cc(C(C)(C)C)ccc2-c2ccc(C(C)(C)C)cc21. The van der Waals surface area contributed by atoms with Crippen LogP contribution in [0.3, 0.4) is 0 Å². The van der Waals surface area contributed by atoms with Crippen LogP contribution in [0, 0.1) is 0 Å². The normalized spacial score (nSPS) is 16.5. The molecule has 4 rings (SSSR count). The van der Waals surface area contributed by atoms with Crippen molar-refractivity contribution >= 4 is 4.26 Å². The molecule has 2 aliphatic carbocycles. The van der Waals surface area contributed by atoms with Crippen LogP contribution >= 0.6 is 0 Å². The average molecular weight is 535 g/mol. The Morgan fingerprint density at radius 1 is 0.714 bits per heavy atom. The van der Waals surface area contributed by atoms with Crippen LogP contribution in [-0.4, -0.2) is 4.26 Å². The first-order valence-electron chi connectivity index (χ1n) is 10.4. The minimum atomic E-state index is -2.23. The Kier molecular flexibility index (Phi) is 4.90. The van der Waals surface area contributed by atoms with Gasteiger partial charge in [0.15, 0.2) is 0 Å². The van der Waals surface area contributed by atoms with Gasteiger partial charge < -0.3 is 0 Å². The molecule has 28 heavy (non-hydrogen) atoms. The van der Waals surface area contributed by atoms with Gasteiger partial charge >= 0.3 is 179 Å². The van der Waals surface area contributed by atoms with Gasteiger partial charge in [0, 0.05) is 0 Å². The second-order valence-corrected chi connectivity index (χ2v) is 19.0. The van der Waals surface area contributed by atoms with E-state index < -0.39 is 21.0 Å². The predicted octanol–water partition coefficient (Wildman–Crippen LogP) is 7.32. The van der Waals surface area contributed by atoms with Crippen molar-refractivity contribution in [3.8, 4) is 11.1 Å². The molecule has 144 valence electrons. The molecule has 0 saturated carbocycles. The molecular formula is C27H32Hf. The minimum absolute atomic E-state index is 0.171. The van der Waals surface area contributed by atoms with Crippen LogP contribution in [0.2, 0.25) is 3.67 Å². The zero-order valence-corrected chi connectivity index (χ0v) is 21.7. The zero-order valence-electron chi connectivity index (χ0n) is 18.1. The van der Waals surface area contributed by atoms with Gasteiger partial charge in [0.05, 0.1) is 0 Å². The Hall–Kier alpha value is -1.34. The third kappa shape index (κ3) is 3.41. The summed E-state index contributed by atoms with van der Waals surface area (Å²) in [6.45, 7) is 13.9. The molecule has 0 atom stereocenters. The summed E-state index contributed by atoms with van der Waals surface area (Å²) in [5.41, 5.74) is 9.23. The van der Waals surface area contributed by atoms with Crippen molar-refractivity contribution in [3.05, 3.63) is 83.0 Å². The van der Waals surface area contributed by atoms with Crippen LogP contribution in [0.5, 0.6) is 0 Å². The summed E-state index contributed by atoms with van der Waals surface area (Å²) in [6, 6.07) is 14.5. The maximum atomic E-state index is 4.89. The molecule has 0 nitrogen and oxygen atoms in total. The fourth-order valence-corrected chi connectivity index (χ4v) is 13.0. The topological polar surface area (TPSA) is 0 Å². The van der Waals surface area contributed by atoms with Gasteiger partial charge in [-0.05, 0) is 0 Å². The second kappa shape index (κ2) is 6.87. The van der Waals surface area contributed by atoms with E-state index in [-0.39, 0.29) is 10.8 Å². The van der Waals surface area contributed by atoms with Crippen molar-refractivity contribution in [2.75, 3.05) is 0 Å². The Bertz CT molecular complexity index is 930. The van der Waals surface area contributed by atoms with Gasteiger partial charge in [0.2, 0.25) is 0 Å². The van der Waals surface area contributed by atoms with Crippen LogP contribution < -0.4 is 0 Å². The van der Waals surface area contributed by atoms with Crippen molar-refractivity contribution in [3.63, 3.8) is 0 Å². The van der Waals surface area contributed by atoms with E-state index in [1.54, 1.807) is 11.1 Å². The Morgan fingerprint density at radius 2 is 1.14 bits per heavy atom. The van der Waals surface area contributed by atoms with Crippen molar-refractivity contribution in [2.45, 2.75) is 59.7 Å². The van der Waals surface area contributed by atoms with E-state index in [0.717, 1.165) is 0 Å². The number of hydrogen-bond acceptors (Lipinski definition) is 0. The summed E-state index contributed by atoms with van der Waals surface area (Å²) in [7, 11) is 0. The quantitative estimate of drug-likeness (QED) is 0.354. The van der Waals surface area contributed by atoms with Crippen molar-refractivity contribution < 1.29 is 21.0 Å².